The second-order valence-electron chi connectivity index (χ2n) is 7.29. The minimum Gasteiger partial charge on any atom is -0.396 e. The van der Waals surface area contributed by atoms with E-state index in [1.807, 2.05) is 18.7 Å². The van der Waals surface area contributed by atoms with Gasteiger partial charge in [0.15, 0.2) is 0 Å². The lowest BCUT2D eigenvalue weighted by Gasteiger charge is -2.27. The molecule has 2 bridgehead atoms. The van der Waals surface area contributed by atoms with Gasteiger partial charge in [-0.15, -0.1) is 0 Å². The van der Waals surface area contributed by atoms with Gasteiger partial charge >= 0.3 is 0 Å². The maximum atomic E-state index is 12.6. The van der Waals surface area contributed by atoms with E-state index in [1.54, 1.807) is 0 Å². The van der Waals surface area contributed by atoms with Gasteiger partial charge in [0.05, 0.1) is 23.9 Å². The fraction of sp³-hybridized carbons (Fsp3) is 0.765. The van der Waals surface area contributed by atoms with E-state index in [0.29, 0.717) is 25.3 Å². The van der Waals surface area contributed by atoms with Crippen molar-refractivity contribution in [2.75, 3.05) is 19.7 Å². The number of nitrogens with zero attached hydrogens (tertiary/aromatic N) is 2. The first-order chi connectivity index (χ1) is 11.0. The predicted molar refractivity (Wildman–Crippen MR) is 81.8 cm³/mol. The van der Waals surface area contributed by atoms with Gasteiger partial charge in [-0.2, -0.15) is 0 Å². The first kappa shape index (κ1) is 15.1. The Hall–Kier alpha value is -1.40. The molecule has 6 heteroatoms. The molecular formula is C17H24N2O4. The molecule has 0 unspecified atom stereocenters. The van der Waals surface area contributed by atoms with E-state index in [9.17, 15) is 9.90 Å². The molecule has 4 atom stereocenters. The quantitative estimate of drug-likeness (QED) is 0.903. The smallest absolute Gasteiger partial charge is 0.223 e. The van der Waals surface area contributed by atoms with Crippen molar-refractivity contribution in [2.45, 2.75) is 51.2 Å². The van der Waals surface area contributed by atoms with Gasteiger partial charge in [-0.3, -0.25) is 4.79 Å². The van der Waals surface area contributed by atoms with E-state index in [-0.39, 0.29) is 30.1 Å². The summed E-state index contributed by atoms with van der Waals surface area (Å²) in [5, 5.41) is 13.6. The Bertz CT molecular complexity index is 609. The first-order valence-corrected chi connectivity index (χ1v) is 8.52. The van der Waals surface area contributed by atoms with Crippen LogP contribution in [0.2, 0.25) is 0 Å². The van der Waals surface area contributed by atoms with Crippen LogP contribution in [-0.2, 0) is 16.0 Å². The van der Waals surface area contributed by atoms with Crippen LogP contribution in [0.3, 0.4) is 0 Å². The summed E-state index contributed by atoms with van der Waals surface area (Å²) in [5.74, 6) is 1.46. The van der Waals surface area contributed by atoms with Crippen LogP contribution in [0.15, 0.2) is 4.52 Å². The number of aliphatic hydroxyl groups excluding tert-OH is 1. The van der Waals surface area contributed by atoms with Crippen molar-refractivity contribution in [1.82, 2.24) is 10.1 Å². The Morgan fingerprint density at radius 3 is 3.00 bits per heavy atom. The summed E-state index contributed by atoms with van der Waals surface area (Å²) >= 11 is 0. The molecule has 6 nitrogen and oxygen atoms in total. The highest BCUT2D eigenvalue weighted by Crippen LogP contribution is 2.54. The van der Waals surface area contributed by atoms with Crippen LogP contribution in [0.25, 0.3) is 0 Å². The lowest BCUT2D eigenvalue weighted by Crippen LogP contribution is -2.38. The van der Waals surface area contributed by atoms with E-state index in [4.69, 9.17) is 9.26 Å². The molecule has 4 heterocycles. The van der Waals surface area contributed by atoms with Gasteiger partial charge in [0, 0.05) is 37.0 Å². The molecule has 3 saturated heterocycles. The number of aryl methyl sites for hydroxylation is 2. The van der Waals surface area contributed by atoms with E-state index < -0.39 is 0 Å². The van der Waals surface area contributed by atoms with Crippen LogP contribution >= 0.6 is 0 Å². The normalized spacial score (nSPS) is 35.1. The Morgan fingerprint density at radius 2 is 2.30 bits per heavy atom. The number of likely N-dealkylation sites (tertiary alicyclic amines) is 1. The summed E-state index contributed by atoms with van der Waals surface area (Å²) < 4.78 is 11.3. The molecule has 1 spiro atoms. The lowest BCUT2D eigenvalue weighted by atomic mass is 9.74. The summed E-state index contributed by atoms with van der Waals surface area (Å²) in [6, 6.07) is 0. The standard InChI is InChI=1S/C17H24N2O4/c1-10-12(11(2)23-18-10)3-4-16(21)19-7-14-13(8-20)15-5-6-17(14,9-19)22-15/h13-15,20H,3-9H2,1-2H3/t13-,14+,15+,17+/m1/s1. The summed E-state index contributed by atoms with van der Waals surface area (Å²) in [5.41, 5.74) is 1.73. The minimum absolute atomic E-state index is 0.164. The van der Waals surface area contributed by atoms with E-state index in [0.717, 1.165) is 36.4 Å². The van der Waals surface area contributed by atoms with Gasteiger partial charge in [0.1, 0.15) is 5.76 Å². The molecule has 3 aliphatic heterocycles. The fourth-order valence-electron chi connectivity index (χ4n) is 4.87. The number of aromatic nitrogens is 1. The molecule has 126 valence electrons. The van der Waals surface area contributed by atoms with Crippen molar-refractivity contribution >= 4 is 5.91 Å². The van der Waals surface area contributed by atoms with Crippen LogP contribution < -0.4 is 0 Å². The third-order valence-electron chi connectivity index (χ3n) is 6.12. The summed E-state index contributed by atoms with van der Waals surface area (Å²) in [6.45, 7) is 5.37. The second kappa shape index (κ2) is 5.31. The van der Waals surface area contributed by atoms with Gasteiger partial charge < -0.3 is 19.3 Å². The van der Waals surface area contributed by atoms with Crippen LogP contribution in [0, 0.1) is 25.7 Å². The van der Waals surface area contributed by atoms with Gasteiger partial charge in [0.2, 0.25) is 5.91 Å². The highest BCUT2D eigenvalue weighted by molar-refractivity contribution is 5.77. The number of carbonyl (C=O) groups is 1. The first-order valence-electron chi connectivity index (χ1n) is 8.52. The van der Waals surface area contributed by atoms with Crippen LogP contribution in [0.5, 0.6) is 0 Å². The zero-order valence-electron chi connectivity index (χ0n) is 13.7. The third-order valence-corrected chi connectivity index (χ3v) is 6.12. The highest BCUT2D eigenvalue weighted by atomic mass is 16.5. The average Bonchev–Trinajstić information content (AvgIpc) is 3.25. The van der Waals surface area contributed by atoms with Crippen molar-refractivity contribution in [1.29, 1.82) is 0 Å². The summed E-state index contributed by atoms with van der Waals surface area (Å²) in [7, 11) is 0. The van der Waals surface area contributed by atoms with Crippen LogP contribution in [-0.4, -0.2) is 52.5 Å². The molecule has 3 fully saturated rings. The molecule has 23 heavy (non-hydrogen) atoms. The average molecular weight is 320 g/mol. The fourth-order valence-corrected chi connectivity index (χ4v) is 4.87. The molecule has 1 amide bonds. The number of ether oxygens (including phenoxy) is 1. The molecular weight excluding hydrogens is 296 g/mol. The number of fused-ring (bicyclic) bond motifs is 1. The molecule has 1 N–H and O–H groups in total. The molecule has 0 saturated carbocycles. The molecule has 3 aliphatic rings. The van der Waals surface area contributed by atoms with E-state index in [1.165, 1.54) is 0 Å². The number of rotatable bonds is 4. The van der Waals surface area contributed by atoms with Crippen molar-refractivity contribution in [3.63, 3.8) is 0 Å². The second-order valence-corrected chi connectivity index (χ2v) is 7.29. The van der Waals surface area contributed by atoms with Crippen molar-refractivity contribution in [3.05, 3.63) is 17.0 Å². The molecule has 1 aromatic heterocycles. The Kier molecular flexibility index (Phi) is 3.50. The van der Waals surface area contributed by atoms with Crippen LogP contribution in [0.1, 0.15) is 36.3 Å². The molecule has 0 aromatic carbocycles. The van der Waals surface area contributed by atoms with E-state index >= 15 is 0 Å². The van der Waals surface area contributed by atoms with Gasteiger partial charge in [-0.1, -0.05) is 5.16 Å². The maximum Gasteiger partial charge on any atom is 0.223 e. The molecule has 1 aromatic rings. The molecule has 0 aliphatic carbocycles. The van der Waals surface area contributed by atoms with E-state index in [2.05, 4.69) is 5.16 Å². The number of hydrogen-bond donors (Lipinski definition) is 1. The molecule has 4 rings (SSSR count). The topological polar surface area (TPSA) is 75.8 Å². The monoisotopic (exact) mass is 320 g/mol. The maximum absolute atomic E-state index is 12.6. The minimum atomic E-state index is -0.184. The Balaban J connectivity index is 1.41. The number of carbonyl (C=O) groups excluding carboxylic acids is 1. The summed E-state index contributed by atoms with van der Waals surface area (Å²) in [6.07, 6.45) is 3.37. The highest BCUT2D eigenvalue weighted by Gasteiger charge is 2.63. The molecule has 0 radical (unpaired) electrons. The SMILES string of the molecule is Cc1noc(C)c1CCC(=O)N1C[C@H]2[C@@H](CO)[C@@H]3CC[C@@]2(C1)O3. The lowest BCUT2D eigenvalue weighted by molar-refractivity contribution is -0.131. The van der Waals surface area contributed by atoms with Crippen molar-refractivity contribution < 1.29 is 19.2 Å². The number of hydrogen-bond acceptors (Lipinski definition) is 5. The van der Waals surface area contributed by atoms with Crippen molar-refractivity contribution in [2.24, 2.45) is 11.8 Å². The Morgan fingerprint density at radius 1 is 1.48 bits per heavy atom. The zero-order valence-corrected chi connectivity index (χ0v) is 13.7. The van der Waals surface area contributed by atoms with Crippen molar-refractivity contribution in [3.8, 4) is 0 Å². The predicted octanol–water partition coefficient (Wildman–Crippen LogP) is 1.22. The number of amides is 1. The van der Waals surface area contributed by atoms with Gasteiger partial charge in [0.25, 0.3) is 0 Å². The van der Waals surface area contributed by atoms with Gasteiger partial charge in [-0.25, -0.2) is 0 Å². The number of aliphatic hydroxyl groups is 1. The Labute approximate surface area is 135 Å². The third kappa shape index (κ3) is 2.22. The van der Waals surface area contributed by atoms with Gasteiger partial charge in [-0.05, 0) is 33.1 Å². The zero-order chi connectivity index (χ0) is 16.2. The largest absolute Gasteiger partial charge is 0.396 e. The summed E-state index contributed by atoms with van der Waals surface area (Å²) in [4.78, 5) is 14.6. The van der Waals surface area contributed by atoms with Crippen LogP contribution in [0.4, 0.5) is 0 Å².